The van der Waals surface area contributed by atoms with Gasteiger partial charge in [-0.1, -0.05) is 12.8 Å². The van der Waals surface area contributed by atoms with Gasteiger partial charge in [0, 0.05) is 57.5 Å². The molecule has 172 valence electrons. The molecule has 2 aliphatic heterocycles. The van der Waals surface area contributed by atoms with Gasteiger partial charge in [-0.05, 0) is 31.0 Å². The molecule has 0 N–H and O–H groups in total. The summed E-state index contributed by atoms with van der Waals surface area (Å²) < 4.78 is 7.25. The molecule has 5 rings (SSSR count). The number of hydrogen-bond acceptors (Lipinski definition) is 6. The minimum Gasteiger partial charge on any atom is -0.379 e. The number of anilines is 1. The molecule has 0 atom stereocenters. The van der Waals surface area contributed by atoms with E-state index in [2.05, 4.69) is 26.9 Å². The van der Waals surface area contributed by atoms with Gasteiger partial charge >= 0.3 is 0 Å². The van der Waals surface area contributed by atoms with Crippen LogP contribution in [-0.4, -0.2) is 84.3 Å². The second-order valence-electron chi connectivity index (χ2n) is 9.17. The largest absolute Gasteiger partial charge is 0.379 e. The summed E-state index contributed by atoms with van der Waals surface area (Å²) >= 11 is 0. The zero-order chi connectivity index (χ0) is 21.9. The topological polar surface area (TPSA) is 70.9 Å². The summed E-state index contributed by atoms with van der Waals surface area (Å²) in [7, 11) is 0. The lowest BCUT2D eigenvalue weighted by atomic mass is 10.1. The monoisotopic (exact) mass is 439 g/mol. The van der Waals surface area contributed by atoms with E-state index in [1.54, 1.807) is 6.33 Å². The van der Waals surface area contributed by atoms with Crippen molar-refractivity contribution in [1.82, 2.24) is 19.4 Å². The third-order valence-corrected chi connectivity index (χ3v) is 7.23. The SMILES string of the molecule is O=C1CCOCCN1CCN1CCN(c2ccc3c(=O)n(C4CCCC4)cnc3c2)CC1. The molecule has 32 heavy (non-hydrogen) atoms. The first-order chi connectivity index (χ1) is 15.7. The van der Waals surface area contributed by atoms with Crippen molar-refractivity contribution in [2.24, 2.45) is 0 Å². The summed E-state index contributed by atoms with van der Waals surface area (Å²) in [5.74, 6) is 0.205. The minimum absolute atomic E-state index is 0.0896. The van der Waals surface area contributed by atoms with Gasteiger partial charge in [0.25, 0.3) is 5.56 Å². The number of nitrogens with zero attached hydrogens (tertiary/aromatic N) is 5. The molecule has 1 amide bonds. The van der Waals surface area contributed by atoms with E-state index in [9.17, 15) is 9.59 Å². The minimum atomic E-state index is 0.0896. The Morgan fingerprint density at radius 1 is 0.969 bits per heavy atom. The first-order valence-corrected chi connectivity index (χ1v) is 12.0. The van der Waals surface area contributed by atoms with E-state index in [1.165, 1.54) is 12.8 Å². The Bertz CT molecular complexity index is 1010. The van der Waals surface area contributed by atoms with Crippen molar-refractivity contribution in [1.29, 1.82) is 0 Å². The molecule has 0 spiro atoms. The Kier molecular flexibility index (Phi) is 6.41. The molecular weight excluding hydrogens is 406 g/mol. The Hall–Kier alpha value is -2.45. The first kappa shape index (κ1) is 21.4. The highest BCUT2D eigenvalue weighted by molar-refractivity contribution is 5.81. The quantitative estimate of drug-likeness (QED) is 0.709. The van der Waals surface area contributed by atoms with E-state index in [0.717, 1.165) is 63.3 Å². The van der Waals surface area contributed by atoms with Crippen LogP contribution in [0.2, 0.25) is 0 Å². The highest BCUT2D eigenvalue weighted by atomic mass is 16.5. The van der Waals surface area contributed by atoms with Crippen molar-refractivity contribution in [3.63, 3.8) is 0 Å². The average Bonchev–Trinajstić information content (AvgIpc) is 3.27. The third kappa shape index (κ3) is 4.52. The van der Waals surface area contributed by atoms with E-state index in [0.29, 0.717) is 37.6 Å². The zero-order valence-corrected chi connectivity index (χ0v) is 18.7. The van der Waals surface area contributed by atoms with Crippen LogP contribution in [0.5, 0.6) is 0 Å². The van der Waals surface area contributed by atoms with Crippen LogP contribution in [-0.2, 0) is 9.53 Å². The van der Waals surface area contributed by atoms with Crippen LogP contribution < -0.4 is 10.5 Å². The first-order valence-electron chi connectivity index (χ1n) is 12.0. The zero-order valence-electron chi connectivity index (χ0n) is 18.7. The van der Waals surface area contributed by atoms with Crippen molar-refractivity contribution in [2.45, 2.75) is 38.1 Å². The number of benzene rings is 1. The number of fused-ring (bicyclic) bond motifs is 1. The smallest absolute Gasteiger partial charge is 0.261 e. The van der Waals surface area contributed by atoms with Crippen molar-refractivity contribution in [2.75, 3.05) is 63.9 Å². The Morgan fingerprint density at radius 2 is 1.78 bits per heavy atom. The maximum absolute atomic E-state index is 13.0. The maximum atomic E-state index is 13.0. The lowest BCUT2D eigenvalue weighted by Gasteiger charge is -2.37. The number of carbonyl (C=O) groups excluding carboxylic acids is 1. The molecule has 1 aliphatic carbocycles. The molecule has 1 aromatic carbocycles. The summed E-state index contributed by atoms with van der Waals surface area (Å²) in [6, 6.07) is 6.38. The number of ether oxygens (including phenoxy) is 1. The van der Waals surface area contributed by atoms with Crippen molar-refractivity contribution in [3.05, 3.63) is 34.9 Å². The van der Waals surface area contributed by atoms with Gasteiger partial charge in [-0.15, -0.1) is 0 Å². The van der Waals surface area contributed by atoms with Gasteiger partial charge in [0.1, 0.15) is 0 Å². The van der Waals surface area contributed by atoms with E-state index >= 15 is 0 Å². The second kappa shape index (κ2) is 9.58. The molecule has 2 saturated heterocycles. The van der Waals surface area contributed by atoms with E-state index in [4.69, 9.17) is 4.74 Å². The van der Waals surface area contributed by atoms with Gasteiger partial charge in [-0.2, -0.15) is 0 Å². The Labute approximate surface area is 188 Å². The second-order valence-corrected chi connectivity index (χ2v) is 9.17. The fourth-order valence-corrected chi connectivity index (χ4v) is 5.21. The van der Waals surface area contributed by atoms with Crippen LogP contribution in [0.4, 0.5) is 5.69 Å². The molecular formula is C24H33N5O3. The summed E-state index contributed by atoms with van der Waals surface area (Å²) in [6.45, 7) is 7.36. The number of amides is 1. The van der Waals surface area contributed by atoms with Gasteiger partial charge in [0.2, 0.25) is 5.91 Å². The highest BCUT2D eigenvalue weighted by Gasteiger charge is 2.22. The number of rotatable bonds is 5. The fourth-order valence-electron chi connectivity index (χ4n) is 5.21. The van der Waals surface area contributed by atoms with Crippen molar-refractivity contribution in [3.8, 4) is 0 Å². The van der Waals surface area contributed by atoms with Gasteiger partial charge in [-0.25, -0.2) is 4.98 Å². The average molecular weight is 440 g/mol. The lowest BCUT2D eigenvalue weighted by Crippen LogP contribution is -2.49. The number of hydrogen-bond donors (Lipinski definition) is 0. The molecule has 0 bridgehead atoms. The molecule has 8 nitrogen and oxygen atoms in total. The number of carbonyl (C=O) groups is 1. The van der Waals surface area contributed by atoms with Crippen LogP contribution in [0.1, 0.15) is 38.1 Å². The highest BCUT2D eigenvalue weighted by Crippen LogP contribution is 2.28. The Balaban J connectivity index is 1.19. The van der Waals surface area contributed by atoms with Crippen LogP contribution in [0, 0.1) is 0 Å². The Morgan fingerprint density at radius 3 is 2.59 bits per heavy atom. The van der Waals surface area contributed by atoms with Gasteiger partial charge in [0.15, 0.2) is 0 Å². The van der Waals surface area contributed by atoms with Crippen LogP contribution in [0.25, 0.3) is 10.9 Å². The summed E-state index contributed by atoms with van der Waals surface area (Å²) in [6.07, 6.45) is 6.79. The molecule has 0 radical (unpaired) electrons. The molecule has 2 aromatic rings. The third-order valence-electron chi connectivity index (χ3n) is 7.23. The summed E-state index contributed by atoms with van der Waals surface area (Å²) in [5, 5.41) is 0.716. The number of aromatic nitrogens is 2. The van der Waals surface area contributed by atoms with E-state index in [-0.39, 0.29) is 11.5 Å². The summed E-state index contributed by atoms with van der Waals surface area (Å²) in [4.78, 5) is 36.5. The molecule has 3 heterocycles. The summed E-state index contributed by atoms with van der Waals surface area (Å²) in [5.41, 5.74) is 2.00. The normalized spacial score (nSPS) is 21.4. The van der Waals surface area contributed by atoms with Crippen LogP contribution >= 0.6 is 0 Å². The fraction of sp³-hybridized carbons (Fsp3) is 0.625. The predicted octanol–water partition coefficient (Wildman–Crippen LogP) is 1.88. The van der Waals surface area contributed by atoms with Crippen molar-refractivity contribution < 1.29 is 9.53 Å². The molecule has 1 aromatic heterocycles. The standard InChI is InChI=1S/C24H33N5O3/c30-23-7-15-32-16-14-28(23)13-10-26-8-11-27(12-9-26)20-5-6-21-22(17-20)25-18-29(24(21)31)19-3-1-2-4-19/h5-6,17-19H,1-4,7-16H2. The van der Waals surface area contributed by atoms with Gasteiger partial charge < -0.3 is 14.5 Å². The van der Waals surface area contributed by atoms with Gasteiger partial charge in [0.05, 0.1) is 36.9 Å². The molecule has 3 aliphatic rings. The molecule has 3 fully saturated rings. The number of piperazine rings is 1. The lowest BCUT2D eigenvalue weighted by molar-refractivity contribution is -0.130. The van der Waals surface area contributed by atoms with Crippen LogP contribution in [0.15, 0.2) is 29.3 Å². The van der Waals surface area contributed by atoms with Crippen molar-refractivity contribution >= 4 is 22.5 Å². The maximum Gasteiger partial charge on any atom is 0.261 e. The predicted molar refractivity (Wildman–Crippen MR) is 124 cm³/mol. The molecule has 1 saturated carbocycles. The van der Waals surface area contributed by atoms with Crippen LogP contribution in [0.3, 0.4) is 0 Å². The van der Waals surface area contributed by atoms with Gasteiger partial charge in [-0.3, -0.25) is 19.1 Å². The molecule has 0 unspecified atom stereocenters. The molecule has 8 heteroatoms. The van der Waals surface area contributed by atoms with E-state index in [1.807, 2.05) is 15.5 Å². The van der Waals surface area contributed by atoms with E-state index < -0.39 is 0 Å².